The molecular weight excluding hydrogens is 1410 g/mol. The number of ether oxygens (including phenoxy) is 8. The van der Waals surface area contributed by atoms with Crippen LogP contribution < -0.4 is 35.4 Å². The second-order valence-corrected chi connectivity index (χ2v) is 40.0. The van der Waals surface area contributed by atoms with Crippen LogP contribution in [0.15, 0.2) is 42.2 Å². The van der Waals surface area contributed by atoms with Gasteiger partial charge in [0, 0.05) is 175 Å². The Morgan fingerprint density at radius 2 is 0.464 bits per heavy atom. The number of benzene rings is 4. The van der Waals surface area contributed by atoms with Crippen LogP contribution in [0.3, 0.4) is 0 Å². The van der Waals surface area contributed by atoms with E-state index >= 15 is 0 Å². The topological polar surface area (TPSA) is 148 Å². The van der Waals surface area contributed by atoms with Crippen LogP contribution in [0.1, 0.15) is 145 Å². The van der Waals surface area contributed by atoms with Gasteiger partial charge in [-0.1, -0.05) is 25.7 Å². The van der Waals surface area contributed by atoms with Gasteiger partial charge in [-0.3, -0.25) is 0 Å². The number of halogens is 4. The maximum Gasteiger partial charge on any atom is 0.454 e. The molecule has 0 saturated heterocycles. The molecule has 0 radical (unpaired) electrons. The van der Waals surface area contributed by atoms with Crippen molar-refractivity contribution >= 4 is 98.0 Å². The summed E-state index contributed by atoms with van der Waals surface area (Å²) in [5, 5.41) is 0. The zero-order valence-electron chi connectivity index (χ0n) is 50.8. The lowest BCUT2D eigenvalue weighted by Crippen LogP contribution is -2.46. The Bertz CT molecular complexity index is 2440. The molecule has 4 heterocycles. The molecule has 4 aliphatic heterocycles. The Hall–Kier alpha value is -2.25. The van der Waals surface area contributed by atoms with Gasteiger partial charge in [0.2, 0.25) is 0 Å². The van der Waals surface area contributed by atoms with Gasteiger partial charge in [0.05, 0.1) is 17.9 Å². The summed E-state index contributed by atoms with van der Waals surface area (Å²) in [7, 11) is -6.04. The average molecular weight is 1490 g/mol. The minimum atomic E-state index is -3.16. The summed E-state index contributed by atoms with van der Waals surface area (Å²) < 4.78 is 107. The summed E-state index contributed by atoms with van der Waals surface area (Å²) in [6.45, 7) is 19.9. The van der Waals surface area contributed by atoms with Gasteiger partial charge in [-0.2, -0.15) is 0 Å². The van der Waals surface area contributed by atoms with Gasteiger partial charge >= 0.3 is 34.2 Å². The molecule has 1 aliphatic carbocycles. The highest BCUT2D eigenvalue weighted by molar-refractivity contribution is 9.11. The lowest BCUT2D eigenvalue weighted by Gasteiger charge is -2.42. The van der Waals surface area contributed by atoms with E-state index in [1.807, 2.05) is 0 Å². The highest BCUT2D eigenvalue weighted by Gasteiger charge is 2.49. The van der Waals surface area contributed by atoms with Crippen LogP contribution in [-0.4, -0.2) is 116 Å². The highest BCUT2D eigenvalue weighted by atomic mass is 79.9. The lowest BCUT2D eigenvalue weighted by molar-refractivity contribution is -0.0317. The number of unbranched alkanes of at least 4 members (excludes halogenated alkanes) is 4. The molecule has 464 valence electrons. The first-order valence-corrected chi connectivity index (χ1v) is 43.8. The third-order valence-electron chi connectivity index (χ3n) is 15.7. The van der Waals surface area contributed by atoms with Crippen molar-refractivity contribution in [3.63, 3.8) is 0 Å². The third-order valence-corrected chi connectivity index (χ3v) is 24.1. The Labute approximate surface area is 535 Å². The lowest BCUT2D eigenvalue weighted by atomic mass is 9.76. The smallest absolute Gasteiger partial charge is 0.454 e. The summed E-state index contributed by atoms with van der Waals surface area (Å²) in [5.41, 5.74) is 8.34. The van der Waals surface area contributed by atoms with Crippen molar-refractivity contribution in [3.05, 3.63) is 86.7 Å². The second-order valence-electron chi connectivity index (χ2n) is 24.0. The molecule has 84 heavy (non-hydrogen) atoms. The van der Waals surface area contributed by atoms with Crippen molar-refractivity contribution in [2.75, 3.05) is 82.0 Å². The molecular formula is C60H84Br4O16Si4. The Morgan fingerprint density at radius 1 is 0.298 bits per heavy atom. The van der Waals surface area contributed by atoms with Crippen LogP contribution in [0.25, 0.3) is 0 Å². The number of rotatable bonds is 28. The fourth-order valence-corrected chi connectivity index (χ4v) is 21.8. The van der Waals surface area contributed by atoms with Gasteiger partial charge in [0.1, 0.15) is 73.2 Å². The quantitative estimate of drug-likeness (QED) is 0.0301. The molecule has 0 atom stereocenters. The Kier molecular flexibility index (Phi) is 22.6. The largest absolute Gasteiger partial charge is 0.511 e. The van der Waals surface area contributed by atoms with Crippen molar-refractivity contribution in [3.8, 4) is 46.0 Å². The number of hydrogen-bond donors (Lipinski definition) is 0. The van der Waals surface area contributed by atoms with Crippen molar-refractivity contribution in [2.45, 2.75) is 153 Å². The summed E-state index contributed by atoms with van der Waals surface area (Å²) in [5.74, 6) is 4.68. The maximum absolute atomic E-state index is 7.45. The standard InChI is InChI=1S/C60H84Br4O16Si4/c1-65-33-69-25-17-13-21-37-41-29-43-38(22-14-18-26-70-34-66-2)45-31-47-40(24-16-20-28-72-36-68-4)48-32-46-39(23-15-19-27-71-35-67-3)44-30-42(37)54-50(62)56(44)76-83(9,10)78-58(46)52(64)60(48)80-84(11,12)79-59(47)51(63)57(45)77-82(7,8)75-55(43)49(61)53(41)73-81(5,6)74-54/h29-32,37-40H,13-28,33-36H2,1-12H3. The second kappa shape index (κ2) is 28.7. The molecule has 0 saturated carbocycles. The van der Waals surface area contributed by atoms with Crippen molar-refractivity contribution in [1.29, 1.82) is 0 Å². The van der Waals surface area contributed by atoms with Crippen LogP contribution in [0, 0.1) is 0 Å². The average Bonchev–Trinajstić information content (AvgIpc) is 0.788. The molecule has 9 rings (SSSR count). The summed E-state index contributed by atoms with van der Waals surface area (Å²) >= 11 is 17.1. The molecule has 0 unspecified atom stereocenters. The molecule has 0 amide bonds. The van der Waals surface area contributed by atoms with Gasteiger partial charge in [0.15, 0.2) is 0 Å². The Morgan fingerprint density at radius 3 is 0.619 bits per heavy atom. The number of methoxy groups -OCH3 is 4. The van der Waals surface area contributed by atoms with Gasteiger partial charge in [0.25, 0.3) is 0 Å². The van der Waals surface area contributed by atoms with Crippen LogP contribution in [0.5, 0.6) is 46.0 Å². The SMILES string of the molecule is COCOCCCCC1c2cc3c4c(Br)c2O[Si](C)(C)Oc2c1cc1c(c2Br)O[Si](C)(C)Oc2c(cc5c(c2Br)O[Si](C)(C)Oc2c(cc(c(c2Br)O[Si](C)(C)O4)C3CCCCOCOC)C5CCCCOCOC)C1CCCCOCOC. The molecule has 16 nitrogen and oxygen atoms in total. The number of hydrogen-bond acceptors (Lipinski definition) is 16. The first-order chi connectivity index (χ1) is 40.1. The van der Waals surface area contributed by atoms with Gasteiger partial charge < -0.3 is 73.3 Å². The van der Waals surface area contributed by atoms with Gasteiger partial charge in [-0.25, -0.2) is 0 Å². The predicted octanol–water partition coefficient (Wildman–Crippen LogP) is 16.6. The van der Waals surface area contributed by atoms with Crippen LogP contribution in [0.2, 0.25) is 52.4 Å². The van der Waals surface area contributed by atoms with E-state index in [1.165, 1.54) is 0 Å². The van der Waals surface area contributed by atoms with E-state index in [-0.39, 0.29) is 50.8 Å². The molecule has 0 spiro atoms. The monoisotopic (exact) mass is 1490 g/mol. The van der Waals surface area contributed by atoms with Gasteiger partial charge in [-0.15, -0.1) is 0 Å². The molecule has 0 fully saturated rings. The summed E-state index contributed by atoms with van der Waals surface area (Å²) in [6.07, 6.45) is 9.44. The van der Waals surface area contributed by atoms with Crippen molar-refractivity contribution < 1.29 is 73.3 Å². The van der Waals surface area contributed by atoms with Crippen molar-refractivity contribution in [2.24, 2.45) is 0 Å². The van der Waals surface area contributed by atoms with Crippen LogP contribution in [-0.2, 0) is 37.9 Å². The maximum atomic E-state index is 7.45. The van der Waals surface area contributed by atoms with Crippen LogP contribution >= 0.6 is 63.7 Å². The molecule has 0 N–H and O–H groups in total. The zero-order chi connectivity index (χ0) is 60.1. The molecule has 4 aromatic rings. The first kappa shape index (κ1) is 66.2. The predicted molar refractivity (Wildman–Crippen MR) is 346 cm³/mol. The fraction of sp³-hybridized carbons (Fsp3) is 0.600. The molecule has 5 aliphatic rings. The highest BCUT2D eigenvalue weighted by Crippen LogP contribution is 2.62. The van der Waals surface area contributed by atoms with E-state index in [9.17, 15) is 0 Å². The van der Waals surface area contributed by atoms with E-state index in [2.05, 4.69) is 140 Å². The molecule has 0 aromatic heterocycles. The van der Waals surface area contributed by atoms with E-state index in [4.69, 9.17) is 73.3 Å². The molecule has 4 aromatic carbocycles. The minimum Gasteiger partial charge on any atom is -0.511 e. The first-order valence-electron chi connectivity index (χ1n) is 29.4. The van der Waals surface area contributed by atoms with E-state index < -0.39 is 34.2 Å². The fourth-order valence-electron chi connectivity index (χ4n) is 12.3. The molecule has 24 heteroatoms. The zero-order valence-corrected chi connectivity index (χ0v) is 61.1. The Balaban J connectivity index is 1.44. The van der Waals surface area contributed by atoms with Crippen LogP contribution in [0.4, 0.5) is 0 Å². The summed E-state index contributed by atoms with van der Waals surface area (Å²) in [4.78, 5) is 0. The van der Waals surface area contributed by atoms with E-state index in [0.29, 0.717) is 72.4 Å². The van der Waals surface area contributed by atoms with E-state index in [0.717, 1.165) is 139 Å². The molecule has 8 bridgehead atoms. The third kappa shape index (κ3) is 15.0. The minimum absolute atomic E-state index is 0.228. The van der Waals surface area contributed by atoms with E-state index in [1.54, 1.807) is 28.4 Å². The summed E-state index contributed by atoms with van der Waals surface area (Å²) in [6, 6.07) is 9.61. The normalized spacial score (nSPS) is 20.5. The van der Waals surface area contributed by atoms with Crippen molar-refractivity contribution in [1.82, 2.24) is 0 Å². The van der Waals surface area contributed by atoms with Gasteiger partial charge in [-0.05, 0) is 139 Å².